The van der Waals surface area contributed by atoms with E-state index in [-0.39, 0.29) is 17.5 Å². The van der Waals surface area contributed by atoms with Crippen LogP contribution in [0.4, 0.5) is 13.2 Å². The molecular formula is C21H25F3N2O. The van der Waals surface area contributed by atoms with Crippen molar-refractivity contribution in [3.05, 3.63) is 47.5 Å². The molecule has 1 aliphatic rings. The molecule has 1 saturated heterocycles. The summed E-state index contributed by atoms with van der Waals surface area (Å²) in [5.74, 6) is -0.396. The van der Waals surface area contributed by atoms with Crippen LogP contribution in [0, 0.1) is 5.41 Å². The topological polar surface area (TPSA) is 32.3 Å². The number of benzene rings is 2. The lowest BCUT2D eigenvalue weighted by Crippen LogP contribution is -2.43. The number of fused-ring (bicyclic) bond motifs is 1. The third kappa shape index (κ3) is 3.55. The van der Waals surface area contributed by atoms with E-state index in [1.807, 2.05) is 32.9 Å². The fraction of sp³-hybridized carbons (Fsp3) is 0.476. The predicted octanol–water partition coefficient (Wildman–Crippen LogP) is 5.11. The molecule has 2 aromatic rings. The molecule has 6 heteroatoms. The zero-order chi connectivity index (χ0) is 20.2. The predicted molar refractivity (Wildman–Crippen MR) is 100 cm³/mol. The van der Waals surface area contributed by atoms with Crippen LogP contribution in [0.15, 0.2) is 36.4 Å². The van der Waals surface area contributed by atoms with Gasteiger partial charge in [-0.25, -0.2) is 5.01 Å². The Labute approximate surface area is 157 Å². The number of halogens is 3. The van der Waals surface area contributed by atoms with Gasteiger partial charge in [0.1, 0.15) is 0 Å². The third-order valence-corrected chi connectivity index (χ3v) is 5.11. The van der Waals surface area contributed by atoms with Crippen LogP contribution in [-0.4, -0.2) is 23.6 Å². The average molecular weight is 378 g/mol. The Hall–Kier alpha value is -2.08. The Morgan fingerprint density at radius 2 is 1.63 bits per heavy atom. The van der Waals surface area contributed by atoms with Crippen molar-refractivity contribution < 1.29 is 18.0 Å². The maximum Gasteiger partial charge on any atom is 0.409 e. The van der Waals surface area contributed by atoms with E-state index in [0.29, 0.717) is 5.39 Å². The van der Waals surface area contributed by atoms with Crippen molar-refractivity contribution in [3.8, 4) is 0 Å². The minimum atomic E-state index is -4.53. The first-order valence-electron chi connectivity index (χ1n) is 8.99. The molecule has 3 rings (SSSR count). The van der Waals surface area contributed by atoms with Crippen LogP contribution < -0.4 is 5.43 Å². The molecule has 1 amide bonds. The molecule has 146 valence electrons. The number of amides is 1. The number of carbonyl (C=O) groups is 1. The minimum Gasteiger partial charge on any atom is -0.287 e. The van der Waals surface area contributed by atoms with E-state index in [1.165, 1.54) is 0 Å². The van der Waals surface area contributed by atoms with Gasteiger partial charge >= 0.3 is 6.18 Å². The summed E-state index contributed by atoms with van der Waals surface area (Å²) >= 11 is 0. The van der Waals surface area contributed by atoms with Crippen molar-refractivity contribution in [2.45, 2.75) is 52.3 Å². The highest BCUT2D eigenvalue weighted by atomic mass is 19.4. The number of nitrogens with zero attached hydrogens (tertiary/aromatic N) is 1. The van der Waals surface area contributed by atoms with E-state index in [9.17, 15) is 18.0 Å². The first-order chi connectivity index (χ1) is 12.3. The van der Waals surface area contributed by atoms with Crippen LogP contribution >= 0.6 is 0 Å². The standard InChI is InChI=1S/C21H25F3N2O/c1-19(2,3)16-11-10-15(13-8-6-7-9-14(13)16)17(21(22,23)24)26-12-20(4,5)18(27)25-26/h6-11,17H,12H2,1-5H3,(H,25,27). The molecule has 1 aliphatic heterocycles. The molecule has 0 aliphatic carbocycles. The molecule has 27 heavy (non-hydrogen) atoms. The summed E-state index contributed by atoms with van der Waals surface area (Å²) in [6.45, 7) is 9.41. The Balaban J connectivity index is 2.20. The number of carbonyl (C=O) groups excluding carboxylic acids is 1. The zero-order valence-electron chi connectivity index (χ0n) is 16.2. The lowest BCUT2D eigenvalue weighted by molar-refractivity contribution is -0.191. The summed E-state index contributed by atoms with van der Waals surface area (Å²) in [6, 6.07) is 8.60. The van der Waals surface area contributed by atoms with Crippen LogP contribution in [0.1, 0.15) is 51.8 Å². The third-order valence-electron chi connectivity index (χ3n) is 5.11. The molecule has 0 spiro atoms. The van der Waals surface area contributed by atoms with Gasteiger partial charge in [-0.2, -0.15) is 13.2 Å². The molecule has 0 saturated carbocycles. The van der Waals surface area contributed by atoms with Gasteiger partial charge in [-0.1, -0.05) is 57.2 Å². The summed E-state index contributed by atoms with van der Waals surface area (Å²) in [4.78, 5) is 12.1. The number of alkyl halides is 3. The van der Waals surface area contributed by atoms with Crippen molar-refractivity contribution in [1.82, 2.24) is 10.4 Å². The van der Waals surface area contributed by atoms with E-state index < -0.39 is 23.5 Å². The van der Waals surface area contributed by atoms with Crippen molar-refractivity contribution in [2.75, 3.05) is 6.54 Å². The number of rotatable bonds is 2. The van der Waals surface area contributed by atoms with Crippen LogP contribution in [0.2, 0.25) is 0 Å². The molecule has 1 fully saturated rings. The van der Waals surface area contributed by atoms with Gasteiger partial charge in [0.15, 0.2) is 6.04 Å². The largest absolute Gasteiger partial charge is 0.409 e. The second-order valence-electron chi connectivity index (χ2n) is 8.89. The quantitative estimate of drug-likeness (QED) is 0.787. The Morgan fingerprint density at radius 1 is 1.04 bits per heavy atom. The van der Waals surface area contributed by atoms with Gasteiger partial charge in [-0.3, -0.25) is 10.2 Å². The van der Waals surface area contributed by atoms with Gasteiger partial charge in [-0.15, -0.1) is 0 Å². The van der Waals surface area contributed by atoms with Gasteiger partial charge in [0.05, 0.1) is 5.41 Å². The molecule has 1 heterocycles. The van der Waals surface area contributed by atoms with E-state index in [2.05, 4.69) is 5.43 Å². The second kappa shape index (κ2) is 6.23. The van der Waals surface area contributed by atoms with E-state index in [4.69, 9.17) is 0 Å². The van der Waals surface area contributed by atoms with E-state index in [0.717, 1.165) is 16.0 Å². The zero-order valence-corrected chi connectivity index (χ0v) is 16.2. The molecule has 1 unspecified atom stereocenters. The van der Waals surface area contributed by atoms with Crippen LogP contribution in [0.3, 0.4) is 0 Å². The molecule has 1 atom stereocenters. The number of hydrazine groups is 1. The van der Waals surface area contributed by atoms with E-state index in [1.54, 1.807) is 38.1 Å². The lowest BCUT2D eigenvalue weighted by atomic mass is 9.82. The van der Waals surface area contributed by atoms with Crippen LogP contribution in [-0.2, 0) is 10.2 Å². The first-order valence-corrected chi connectivity index (χ1v) is 8.99. The molecular weight excluding hydrogens is 353 g/mol. The highest BCUT2D eigenvalue weighted by molar-refractivity contribution is 5.90. The van der Waals surface area contributed by atoms with Crippen LogP contribution in [0.5, 0.6) is 0 Å². The Bertz CT molecular complexity index is 881. The van der Waals surface area contributed by atoms with Crippen molar-refractivity contribution >= 4 is 16.7 Å². The molecule has 0 aromatic heterocycles. The lowest BCUT2D eigenvalue weighted by Gasteiger charge is -2.32. The fourth-order valence-corrected chi connectivity index (χ4v) is 3.71. The van der Waals surface area contributed by atoms with Gasteiger partial charge in [0.25, 0.3) is 0 Å². The molecule has 0 bridgehead atoms. The summed E-state index contributed by atoms with van der Waals surface area (Å²) in [6.07, 6.45) is -4.53. The van der Waals surface area contributed by atoms with Gasteiger partial charge in [0, 0.05) is 6.54 Å². The number of hydrogen-bond acceptors (Lipinski definition) is 2. The average Bonchev–Trinajstić information content (AvgIpc) is 2.78. The second-order valence-corrected chi connectivity index (χ2v) is 8.89. The summed E-state index contributed by atoms with van der Waals surface area (Å²) in [5, 5.41) is 2.40. The van der Waals surface area contributed by atoms with Gasteiger partial charge < -0.3 is 0 Å². The number of hydrogen-bond donors (Lipinski definition) is 1. The highest BCUT2D eigenvalue weighted by Gasteiger charge is 2.51. The fourth-order valence-electron chi connectivity index (χ4n) is 3.71. The minimum absolute atomic E-state index is 0.00857. The highest BCUT2D eigenvalue weighted by Crippen LogP contribution is 2.44. The Morgan fingerprint density at radius 3 is 2.11 bits per heavy atom. The van der Waals surface area contributed by atoms with Gasteiger partial charge in [-0.05, 0) is 41.2 Å². The first kappa shape index (κ1) is 19.7. The van der Waals surface area contributed by atoms with Crippen molar-refractivity contribution in [2.24, 2.45) is 5.41 Å². The molecule has 3 nitrogen and oxygen atoms in total. The van der Waals surface area contributed by atoms with E-state index >= 15 is 0 Å². The maximum absolute atomic E-state index is 14.1. The van der Waals surface area contributed by atoms with Gasteiger partial charge in [0.2, 0.25) is 5.91 Å². The smallest absolute Gasteiger partial charge is 0.287 e. The number of nitrogens with one attached hydrogen (secondary N) is 1. The maximum atomic E-state index is 14.1. The monoisotopic (exact) mass is 378 g/mol. The van der Waals surface area contributed by atoms with Crippen LogP contribution in [0.25, 0.3) is 10.8 Å². The Kier molecular flexibility index (Phi) is 4.54. The SMILES string of the molecule is CC1(C)CN(C(c2ccc(C(C)(C)C)c3ccccc23)C(F)(F)F)NC1=O. The molecule has 1 N–H and O–H groups in total. The summed E-state index contributed by atoms with van der Waals surface area (Å²) < 4.78 is 42.3. The molecule has 0 radical (unpaired) electrons. The normalized spacial score (nSPS) is 19.3. The molecule has 2 aromatic carbocycles. The summed E-state index contributed by atoms with van der Waals surface area (Å²) in [7, 11) is 0. The van der Waals surface area contributed by atoms with Crippen molar-refractivity contribution in [3.63, 3.8) is 0 Å². The summed E-state index contributed by atoms with van der Waals surface area (Å²) in [5.41, 5.74) is 2.51. The van der Waals surface area contributed by atoms with Crippen molar-refractivity contribution in [1.29, 1.82) is 0 Å².